The maximum Gasteiger partial charge on any atom is 0.0275 e. The molecule has 2 heterocycles. The van der Waals surface area contributed by atoms with E-state index in [-0.39, 0.29) is 0 Å². The Morgan fingerprint density at radius 2 is 2.67 bits per heavy atom. The Morgan fingerprint density at radius 1 is 1.67 bits per heavy atom. The number of piperidine rings is 1. The van der Waals surface area contributed by atoms with Gasteiger partial charge in [-0.25, -0.2) is 0 Å². The summed E-state index contributed by atoms with van der Waals surface area (Å²) in [6.07, 6.45) is 5.27. The molecule has 1 unspecified atom stereocenters. The third-order valence-electron chi connectivity index (χ3n) is 1.94. The zero-order chi connectivity index (χ0) is 6.10. The van der Waals surface area contributed by atoms with Gasteiger partial charge in [0, 0.05) is 24.9 Å². The molecule has 1 N–H and O–H groups in total. The Hall–Kier alpha value is -0.630. The summed E-state index contributed by atoms with van der Waals surface area (Å²) in [7, 11) is 0. The van der Waals surface area contributed by atoms with Crippen LogP contribution in [0.2, 0.25) is 0 Å². The monoisotopic (exact) mass is 122 g/mol. The summed E-state index contributed by atoms with van der Waals surface area (Å²) in [4.78, 5) is 4.10. The van der Waals surface area contributed by atoms with Crippen LogP contribution in [0.1, 0.15) is 6.42 Å². The van der Waals surface area contributed by atoms with Crippen LogP contribution in [0.15, 0.2) is 16.8 Å². The van der Waals surface area contributed by atoms with Gasteiger partial charge in [-0.1, -0.05) is 0 Å². The van der Waals surface area contributed by atoms with Crippen molar-refractivity contribution in [2.45, 2.75) is 6.42 Å². The van der Waals surface area contributed by atoms with E-state index in [1.165, 1.54) is 12.0 Å². The second-order valence-corrected chi connectivity index (χ2v) is 2.57. The summed E-state index contributed by atoms with van der Waals surface area (Å²) in [5.74, 6) is 0.672. The Balaban J connectivity index is 2.16. The molecule has 0 amide bonds. The molecule has 2 heteroatoms. The summed E-state index contributed by atoms with van der Waals surface area (Å²) in [6, 6.07) is 0. The van der Waals surface area contributed by atoms with E-state index in [0.29, 0.717) is 5.92 Å². The zero-order valence-electron chi connectivity index (χ0n) is 5.30. The van der Waals surface area contributed by atoms with Gasteiger partial charge in [-0.3, -0.25) is 4.99 Å². The smallest absolute Gasteiger partial charge is 0.0275 e. The predicted molar refractivity (Wildman–Crippen MR) is 37.6 cm³/mol. The van der Waals surface area contributed by atoms with Crippen molar-refractivity contribution in [3.05, 3.63) is 11.8 Å². The highest BCUT2D eigenvalue weighted by Crippen LogP contribution is 2.19. The molecule has 1 saturated heterocycles. The number of aliphatic imine (C=N–C) groups is 1. The average molecular weight is 122 g/mol. The molecule has 0 spiro atoms. The van der Waals surface area contributed by atoms with Gasteiger partial charge in [-0.05, 0) is 18.5 Å². The van der Waals surface area contributed by atoms with Gasteiger partial charge in [-0.2, -0.15) is 0 Å². The molecule has 0 bridgehead atoms. The lowest BCUT2D eigenvalue weighted by Crippen LogP contribution is -2.29. The molecule has 0 aromatic heterocycles. The van der Waals surface area contributed by atoms with Gasteiger partial charge < -0.3 is 5.32 Å². The standard InChI is InChI=1S/C7H10N2/c1-2-8-4-7-5-9-3-6(1)7/h3,5-6,8H,1-2,4H2. The van der Waals surface area contributed by atoms with Crippen LogP contribution in [0, 0.1) is 5.92 Å². The number of hydrogen-bond donors (Lipinski definition) is 1. The number of nitrogens with one attached hydrogen (secondary N) is 1. The first kappa shape index (κ1) is 5.18. The quantitative estimate of drug-likeness (QED) is 0.499. The molecule has 1 fully saturated rings. The van der Waals surface area contributed by atoms with E-state index in [0.717, 1.165) is 13.1 Å². The van der Waals surface area contributed by atoms with Crippen LogP contribution in [-0.4, -0.2) is 19.3 Å². The normalized spacial score (nSPS) is 32.0. The van der Waals surface area contributed by atoms with E-state index in [1.807, 2.05) is 6.20 Å². The minimum atomic E-state index is 0.672. The minimum absolute atomic E-state index is 0.672. The van der Waals surface area contributed by atoms with Gasteiger partial charge in [0.25, 0.3) is 0 Å². The number of rotatable bonds is 0. The molecule has 9 heavy (non-hydrogen) atoms. The number of fused-ring (bicyclic) bond motifs is 1. The van der Waals surface area contributed by atoms with Gasteiger partial charge in [0.1, 0.15) is 0 Å². The van der Waals surface area contributed by atoms with Gasteiger partial charge >= 0.3 is 0 Å². The third-order valence-corrected chi connectivity index (χ3v) is 1.94. The van der Waals surface area contributed by atoms with Crippen LogP contribution in [0.5, 0.6) is 0 Å². The van der Waals surface area contributed by atoms with Crippen LogP contribution in [-0.2, 0) is 0 Å². The van der Waals surface area contributed by atoms with Crippen molar-refractivity contribution >= 4 is 6.21 Å². The SMILES string of the molecule is C1=NC=C2CNCCC12. The topological polar surface area (TPSA) is 24.4 Å². The summed E-state index contributed by atoms with van der Waals surface area (Å²) < 4.78 is 0. The zero-order valence-corrected chi connectivity index (χ0v) is 5.30. The van der Waals surface area contributed by atoms with Crippen molar-refractivity contribution < 1.29 is 0 Å². The summed E-state index contributed by atoms with van der Waals surface area (Å²) in [5.41, 5.74) is 1.46. The van der Waals surface area contributed by atoms with E-state index in [2.05, 4.69) is 16.5 Å². The molecule has 0 saturated carbocycles. The average Bonchev–Trinajstić information content (AvgIpc) is 2.33. The van der Waals surface area contributed by atoms with Crippen molar-refractivity contribution in [3.63, 3.8) is 0 Å². The lowest BCUT2D eigenvalue weighted by molar-refractivity contribution is 0.563. The van der Waals surface area contributed by atoms with Crippen molar-refractivity contribution in [1.29, 1.82) is 0 Å². The second kappa shape index (κ2) is 1.95. The van der Waals surface area contributed by atoms with Crippen LogP contribution in [0.25, 0.3) is 0 Å². The Kier molecular flexibility index (Phi) is 1.12. The van der Waals surface area contributed by atoms with E-state index >= 15 is 0 Å². The summed E-state index contributed by atoms with van der Waals surface area (Å²) in [5, 5.41) is 3.31. The third kappa shape index (κ3) is 0.793. The molecular formula is C7H10N2. The minimum Gasteiger partial charge on any atom is -0.313 e. The first-order valence-corrected chi connectivity index (χ1v) is 3.40. The summed E-state index contributed by atoms with van der Waals surface area (Å²) in [6.45, 7) is 2.19. The van der Waals surface area contributed by atoms with Crippen LogP contribution in [0.4, 0.5) is 0 Å². The fourth-order valence-electron chi connectivity index (χ4n) is 1.36. The van der Waals surface area contributed by atoms with E-state index in [4.69, 9.17) is 0 Å². The van der Waals surface area contributed by atoms with Crippen molar-refractivity contribution in [2.75, 3.05) is 13.1 Å². The highest BCUT2D eigenvalue weighted by atomic mass is 14.9. The molecule has 2 nitrogen and oxygen atoms in total. The van der Waals surface area contributed by atoms with E-state index in [1.54, 1.807) is 0 Å². The molecule has 0 aromatic rings. The molecule has 2 aliphatic rings. The highest BCUT2D eigenvalue weighted by molar-refractivity contribution is 5.69. The first-order chi connectivity index (χ1) is 4.47. The van der Waals surface area contributed by atoms with E-state index < -0.39 is 0 Å². The largest absolute Gasteiger partial charge is 0.313 e. The molecule has 0 aliphatic carbocycles. The first-order valence-electron chi connectivity index (χ1n) is 3.40. The van der Waals surface area contributed by atoms with Crippen molar-refractivity contribution in [1.82, 2.24) is 5.32 Å². The molecule has 1 atom stereocenters. The van der Waals surface area contributed by atoms with Gasteiger partial charge in [-0.15, -0.1) is 0 Å². The maximum absolute atomic E-state index is 4.10. The van der Waals surface area contributed by atoms with Gasteiger partial charge in [0.05, 0.1) is 0 Å². The highest BCUT2D eigenvalue weighted by Gasteiger charge is 2.18. The van der Waals surface area contributed by atoms with E-state index in [9.17, 15) is 0 Å². The lowest BCUT2D eigenvalue weighted by Gasteiger charge is -2.18. The van der Waals surface area contributed by atoms with Gasteiger partial charge in [0.2, 0.25) is 0 Å². The Morgan fingerprint density at radius 3 is 3.56 bits per heavy atom. The van der Waals surface area contributed by atoms with Crippen LogP contribution in [0.3, 0.4) is 0 Å². The van der Waals surface area contributed by atoms with Crippen molar-refractivity contribution in [3.8, 4) is 0 Å². The molecule has 48 valence electrons. The Labute approximate surface area is 54.7 Å². The number of hydrogen-bond acceptors (Lipinski definition) is 2. The fourth-order valence-corrected chi connectivity index (χ4v) is 1.36. The summed E-state index contributed by atoms with van der Waals surface area (Å²) >= 11 is 0. The predicted octanol–water partition coefficient (Wildman–Crippen LogP) is 0.564. The molecule has 0 aromatic carbocycles. The van der Waals surface area contributed by atoms with Gasteiger partial charge in [0.15, 0.2) is 0 Å². The molecule has 2 rings (SSSR count). The molecule has 2 aliphatic heterocycles. The van der Waals surface area contributed by atoms with Crippen molar-refractivity contribution in [2.24, 2.45) is 10.9 Å². The molecule has 0 radical (unpaired) electrons. The molecular weight excluding hydrogens is 112 g/mol. The fraction of sp³-hybridized carbons (Fsp3) is 0.571. The Bertz CT molecular complexity index is 170. The second-order valence-electron chi connectivity index (χ2n) is 2.57. The van der Waals surface area contributed by atoms with Crippen LogP contribution < -0.4 is 5.32 Å². The van der Waals surface area contributed by atoms with Crippen LogP contribution >= 0.6 is 0 Å². The maximum atomic E-state index is 4.10. The number of nitrogens with zero attached hydrogens (tertiary/aromatic N) is 1. The lowest BCUT2D eigenvalue weighted by atomic mass is 9.96.